The van der Waals surface area contributed by atoms with Gasteiger partial charge in [-0.15, -0.1) is 0 Å². The first kappa shape index (κ1) is 26.5. The van der Waals surface area contributed by atoms with Crippen LogP contribution in [0.4, 0.5) is 0 Å². The molecule has 1 saturated heterocycles. The van der Waals surface area contributed by atoms with Gasteiger partial charge in [0.1, 0.15) is 24.4 Å². The molecule has 0 saturated carbocycles. The highest BCUT2D eigenvalue weighted by Crippen LogP contribution is 2.20. The van der Waals surface area contributed by atoms with Gasteiger partial charge in [0, 0.05) is 7.77 Å². The third kappa shape index (κ3) is 12.2. The normalized spacial score (nSPS) is 27.8. The zero-order valence-corrected chi connectivity index (χ0v) is 19.5. The Balaban J connectivity index is 2.05. The average molecular weight is 447 g/mol. The molecule has 0 spiro atoms. The number of rotatable bonds is 17. The van der Waals surface area contributed by atoms with Gasteiger partial charge < -0.3 is 30.5 Å². The lowest BCUT2D eigenvalue weighted by Crippen LogP contribution is -2.64. The predicted molar refractivity (Wildman–Crippen MR) is 121 cm³/mol. The fraction of sp³-hybridized carbons (Fsp3) is 0.958. The molecule has 0 aliphatic carbocycles. The summed E-state index contributed by atoms with van der Waals surface area (Å²) in [7, 11) is 0. The number of aliphatic hydroxyl groups excluding tert-OH is 4. The van der Waals surface area contributed by atoms with E-state index in [1.165, 1.54) is 57.8 Å². The minimum atomic E-state index is -1.55. The molecule has 7 heteroatoms. The van der Waals surface area contributed by atoms with Crippen LogP contribution in [-0.4, -0.2) is 63.6 Å². The largest absolute Gasteiger partial charge is 0.394 e. The van der Waals surface area contributed by atoms with Crippen molar-refractivity contribution in [3.8, 4) is 0 Å². The van der Waals surface area contributed by atoms with Crippen LogP contribution in [0.15, 0.2) is 0 Å². The molecule has 1 heterocycles. The lowest BCUT2D eigenvalue weighted by Gasteiger charge is -2.40. The molecule has 0 bridgehead atoms. The van der Waals surface area contributed by atoms with E-state index in [-0.39, 0.29) is 0 Å². The van der Waals surface area contributed by atoms with E-state index < -0.39 is 49.6 Å². The van der Waals surface area contributed by atoms with Gasteiger partial charge in [0.15, 0.2) is 6.29 Å². The zero-order valence-electron chi connectivity index (χ0n) is 20.5. The van der Waals surface area contributed by atoms with Crippen LogP contribution < -0.4 is 5.32 Å². The zero-order chi connectivity index (χ0) is 23.9. The second-order valence-electron chi connectivity index (χ2n) is 9.33. The van der Waals surface area contributed by atoms with Crippen molar-refractivity contribution in [2.75, 3.05) is 6.61 Å². The van der Waals surface area contributed by atoms with E-state index in [1.807, 2.05) is 0 Å². The fourth-order valence-electron chi connectivity index (χ4n) is 4.00. The Morgan fingerprint density at radius 3 is 1.84 bits per heavy atom. The Labute approximate surface area is 190 Å². The Hall–Kier alpha value is -0.730. The van der Waals surface area contributed by atoms with E-state index in [9.17, 15) is 20.1 Å². The molecule has 0 radical (unpaired) electrons. The molecule has 31 heavy (non-hydrogen) atoms. The number of hydrogen-bond donors (Lipinski definition) is 5. The van der Waals surface area contributed by atoms with Gasteiger partial charge in [-0.05, 0) is 12.3 Å². The van der Waals surface area contributed by atoms with Crippen LogP contribution in [-0.2, 0) is 9.53 Å². The summed E-state index contributed by atoms with van der Waals surface area (Å²) in [5.74, 6) is 0.205. The van der Waals surface area contributed by atoms with E-state index in [0.29, 0.717) is 6.42 Å². The van der Waals surface area contributed by atoms with E-state index in [0.717, 1.165) is 25.2 Å². The van der Waals surface area contributed by atoms with Gasteiger partial charge in [-0.1, -0.05) is 90.9 Å². The van der Waals surface area contributed by atoms with E-state index in [4.69, 9.17) is 11.2 Å². The maximum atomic E-state index is 12.2. The van der Waals surface area contributed by atoms with Gasteiger partial charge in [-0.3, -0.25) is 4.79 Å². The van der Waals surface area contributed by atoms with Crippen molar-refractivity contribution in [2.45, 2.75) is 134 Å². The summed E-state index contributed by atoms with van der Waals surface area (Å²) >= 11 is 0. The molecule has 2 unspecified atom stereocenters. The quantitative estimate of drug-likeness (QED) is 0.219. The fourth-order valence-corrected chi connectivity index (χ4v) is 4.00. The van der Waals surface area contributed by atoms with Crippen molar-refractivity contribution in [3.63, 3.8) is 0 Å². The summed E-state index contributed by atoms with van der Waals surface area (Å²) < 4.78 is 13.0. The first-order valence-corrected chi connectivity index (χ1v) is 12.3. The van der Waals surface area contributed by atoms with Crippen LogP contribution in [0.2, 0.25) is 0 Å². The number of hydrogen-bond acceptors (Lipinski definition) is 6. The number of nitrogens with one attached hydrogen (secondary N) is 1. The summed E-state index contributed by atoms with van der Waals surface area (Å²) in [6, 6.07) is -1.23. The van der Waals surface area contributed by atoms with E-state index in [2.05, 4.69) is 19.2 Å². The molecular formula is C24H47NO6. The van der Waals surface area contributed by atoms with Crippen molar-refractivity contribution in [1.29, 1.82) is 0 Å². The molecule has 6 atom stereocenters. The summed E-state index contributed by atoms with van der Waals surface area (Å²) in [5.41, 5.74) is 0. The van der Waals surface area contributed by atoms with Crippen LogP contribution >= 0.6 is 0 Å². The van der Waals surface area contributed by atoms with Crippen LogP contribution in [0.25, 0.3) is 0 Å². The summed E-state index contributed by atoms with van der Waals surface area (Å²) in [6.07, 6.45) is 8.44. The van der Waals surface area contributed by atoms with Crippen LogP contribution in [0.5, 0.6) is 0 Å². The smallest absolute Gasteiger partial charge is 0.220 e. The first-order chi connectivity index (χ1) is 15.3. The monoisotopic (exact) mass is 446 g/mol. The summed E-state index contributed by atoms with van der Waals surface area (Å²) in [6.45, 7) is 4.00. The Bertz CT molecular complexity index is 495. The van der Waals surface area contributed by atoms with Gasteiger partial charge in [-0.2, -0.15) is 0 Å². The molecule has 1 aliphatic rings. The molecule has 0 aromatic rings. The molecule has 1 amide bonds. The third-order valence-electron chi connectivity index (χ3n) is 6.02. The number of ether oxygens (including phenoxy) is 1. The third-order valence-corrected chi connectivity index (χ3v) is 6.02. The SMILES string of the molecule is [2H]C(CCCCCCCCCCCCCC(C)C)C(=O)N[C@H]1C(O)O[C@H](CO)[C@@H](O)[C@@H]1O. The first-order valence-electron chi connectivity index (χ1n) is 12.9. The molecule has 7 nitrogen and oxygen atoms in total. The predicted octanol–water partition coefficient (Wildman–Crippen LogP) is 3.02. The van der Waals surface area contributed by atoms with E-state index >= 15 is 0 Å². The number of aliphatic hydroxyl groups is 4. The molecule has 1 aliphatic heterocycles. The van der Waals surface area contributed by atoms with Crippen molar-refractivity contribution >= 4 is 5.91 Å². The lowest BCUT2D eigenvalue weighted by atomic mass is 9.97. The molecule has 1 rings (SSSR count). The van der Waals surface area contributed by atoms with Crippen molar-refractivity contribution in [3.05, 3.63) is 0 Å². The Morgan fingerprint density at radius 2 is 1.35 bits per heavy atom. The lowest BCUT2D eigenvalue weighted by molar-refractivity contribution is -0.253. The molecule has 0 aromatic carbocycles. The molecule has 5 N–H and O–H groups in total. The number of carbonyl (C=O) groups is 1. The Morgan fingerprint density at radius 1 is 0.871 bits per heavy atom. The van der Waals surface area contributed by atoms with Gasteiger partial charge in [0.2, 0.25) is 5.91 Å². The second-order valence-corrected chi connectivity index (χ2v) is 9.33. The van der Waals surface area contributed by atoms with Crippen LogP contribution in [0.3, 0.4) is 0 Å². The topological polar surface area (TPSA) is 119 Å². The average Bonchev–Trinajstić information content (AvgIpc) is 2.76. The second kappa shape index (κ2) is 16.8. The summed E-state index contributed by atoms with van der Waals surface area (Å²) in [4.78, 5) is 12.2. The number of unbranched alkanes of at least 4 members (excludes halogenated alkanes) is 10. The highest BCUT2D eigenvalue weighted by atomic mass is 16.6. The van der Waals surface area contributed by atoms with Gasteiger partial charge in [0.25, 0.3) is 0 Å². The maximum absolute atomic E-state index is 12.2. The Kier molecular flexibility index (Phi) is 14.4. The minimum absolute atomic E-state index is 0.407. The van der Waals surface area contributed by atoms with E-state index in [1.54, 1.807) is 0 Å². The minimum Gasteiger partial charge on any atom is -0.394 e. The highest BCUT2D eigenvalue weighted by Gasteiger charge is 2.44. The molecule has 1 fully saturated rings. The van der Waals surface area contributed by atoms with Gasteiger partial charge in [0.05, 0.1) is 6.61 Å². The van der Waals surface area contributed by atoms with Crippen LogP contribution in [0.1, 0.15) is 105 Å². The summed E-state index contributed by atoms with van der Waals surface area (Å²) in [5, 5.41) is 41.3. The molecular weight excluding hydrogens is 398 g/mol. The van der Waals surface area contributed by atoms with Crippen molar-refractivity contribution < 1.29 is 31.3 Å². The standard InChI is InChI=1S/C24H47NO6/c1-18(2)15-13-11-9-7-5-3-4-6-8-10-12-14-16-20(27)25-21-23(29)22(28)19(17-26)31-24(21)30/h18-19,21-24,26,28-30H,3-17H2,1-2H3,(H,25,27)/t19-,21-,22-,23-,24?/m1/s1/i16D/t16?,19-,21-,22-,23-,24?. The number of amides is 1. The highest BCUT2D eigenvalue weighted by molar-refractivity contribution is 5.76. The number of carbonyl (C=O) groups excluding carboxylic acids is 1. The van der Waals surface area contributed by atoms with Gasteiger partial charge >= 0.3 is 0 Å². The van der Waals surface area contributed by atoms with Gasteiger partial charge in [-0.25, -0.2) is 0 Å². The van der Waals surface area contributed by atoms with Crippen molar-refractivity contribution in [1.82, 2.24) is 5.32 Å². The van der Waals surface area contributed by atoms with Crippen molar-refractivity contribution in [2.24, 2.45) is 5.92 Å². The van der Waals surface area contributed by atoms with Crippen LogP contribution in [0, 0.1) is 5.92 Å². The molecule has 184 valence electrons. The maximum Gasteiger partial charge on any atom is 0.220 e. The molecule has 0 aromatic heterocycles.